The van der Waals surface area contributed by atoms with Crippen molar-refractivity contribution >= 4 is 34.6 Å². The molecule has 2 aromatic rings. The number of benzene rings is 1. The maximum Gasteiger partial charge on any atom is 0.365 e. The molecule has 0 amide bonds. The number of hydrogen-bond acceptors (Lipinski definition) is 4. The van der Waals surface area contributed by atoms with Crippen molar-refractivity contribution in [2.45, 2.75) is 13.5 Å². The van der Waals surface area contributed by atoms with Gasteiger partial charge in [0.15, 0.2) is 0 Å². The van der Waals surface area contributed by atoms with Crippen molar-refractivity contribution in [1.29, 1.82) is 0 Å². The van der Waals surface area contributed by atoms with Gasteiger partial charge in [-0.15, -0.1) is 11.3 Å². The van der Waals surface area contributed by atoms with Gasteiger partial charge in [-0.1, -0.05) is 17.7 Å². The van der Waals surface area contributed by atoms with Crippen LogP contribution in [0.2, 0.25) is 5.02 Å². The molecule has 0 spiro atoms. The summed E-state index contributed by atoms with van der Waals surface area (Å²) in [6, 6.07) is 5.59. The highest BCUT2D eigenvalue weighted by atomic mass is 35.5. The number of halogens is 1. The predicted octanol–water partition coefficient (Wildman–Crippen LogP) is 3.42. The molecule has 4 nitrogen and oxygen atoms in total. The molecular formula is C12H11ClN2O2S. The number of hydrogen-bond donors (Lipinski definition) is 2. The first-order valence-corrected chi connectivity index (χ1v) is 6.50. The Balaban J connectivity index is 2.06. The first kappa shape index (κ1) is 12.9. The second-order valence-electron chi connectivity index (χ2n) is 3.76. The van der Waals surface area contributed by atoms with Crippen LogP contribution in [0.1, 0.15) is 21.1 Å². The molecule has 0 unspecified atom stereocenters. The molecule has 2 N–H and O–H groups in total. The Morgan fingerprint density at radius 3 is 3.00 bits per heavy atom. The molecule has 6 heteroatoms. The van der Waals surface area contributed by atoms with Gasteiger partial charge >= 0.3 is 5.97 Å². The minimum absolute atomic E-state index is 0.106. The van der Waals surface area contributed by atoms with Gasteiger partial charge in [0.1, 0.15) is 0 Å². The van der Waals surface area contributed by atoms with Gasteiger partial charge in [-0.25, -0.2) is 9.78 Å². The smallest absolute Gasteiger partial charge is 0.365 e. The summed E-state index contributed by atoms with van der Waals surface area (Å²) in [6.45, 7) is 2.45. The van der Waals surface area contributed by atoms with Crippen LogP contribution in [-0.2, 0) is 6.54 Å². The molecule has 0 fully saturated rings. The van der Waals surface area contributed by atoms with Crippen LogP contribution in [0.15, 0.2) is 23.6 Å². The highest BCUT2D eigenvalue weighted by Gasteiger charge is 2.08. The van der Waals surface area contributed by atoms with E-state index < -0.39 is 5.97 Å². The number of nitrogens with one attached hydrogen (secondary N) is 1. The van der Waals surface area contributed by atoms with Crippen LogP contribution in [0.25, 0.3) is 0 Å². The number of aromatic nitrogens is 1. The lowest BCUT2D eigenvalue weighted by Gasteiger charge is -2.08. The number of anilines is 1. The van der Waals surface area contributed by atoms with E-state index in [0.29, 0.717) is 17.3 Å². The number of aromatic carboxylic acids is 1. The van der Waals surface area contributed by atoms with E-state index in [4.69, 9.17) is 16.7 Å². The van der Waals surface area contributed by atoms with Gasteiger partial charge < -0.3 is 10.4 Å². The van der Waals surface area contributed by atoms with Crippen molar-refractivity contribution in [1.82, 2.24) is 4.98 Å². The van der Waals surface area contributed by atoms with Crippen LogP contribution in [0.4, 0.5) is 5.69 Å². The second-order valence-corrected chi connectivity index (χ2v) is 5.06. The van der Waals surface area contributed by atoms with Crippen molar-refractivity contribution in [3.63, 3.8) is 0 Å². The molecule has 0 aliphatic carbocycles. The lowest BCUT2D eigenvalue weighted by molar-refractivity contribution is 0.0696. The third-order valence-corrected chi connectivity index (χ3v) is 3.51. The lowest BCUT2D eigenvalue weighted by Crippen LogP contribution is -2.02. The zero-order chi connectivity index (χ0) is 13.1. The molecule has 1 heterocycles. The summed E-state index contributed by atoms with van der Waals surface area (Å²) in [5.74, 6) is -0.995. The summed E-state index contributed by atoms with van der Waals surface area (Å²) >= 11 is 7.04. The van der Waals surface area contributed by atoms with Crippen molar-refractivity contribution in [2.24, 2.45) is 0 Å². The summed E-state index contributed by atoms with van der Waals surface area (Å²) in [5, 5.41) is 14.5. The average Bonchev–Trinajstić information content (AvgIpc) is 2.79. The molecule has 0 bridgehead atoms. The van der Waals surface area contributed by atoms with Crippen LogP contribution in [0.3, 0.4) is 0 Å². The molecule has 0 atom stereocenters. The lowest BCUT2D eigenvalue weighted by atomic mass is 10.2. The van der Waals surface area contributed by atoms with Gasteiger partial charge in [-0.2, -0.15) is 0 Å². The van der Waals surface area contributed by atoms with Gasteiger partial charge in [0.25, 0.3) is 0 Å². The van der Waals surface area contributed by atoms with E-state index in [1.54, 1.807) is 5.38 Å². The van der Waals surface area contributed by atoms with E-state index >= 15 is 0 Å². The number of thiazole rings is 1. The fraction of sp³-hybridized carbons (Fsp3) is 0.167. The molecule has 1 aromatic heterocycles. The highest BCUT2D eigenvalue weighted by Crippen LogP contribution is 2.21. The predicted molar refractivity (Wildman–Crippen MR) is 72.6 cm³/mol. The van der Waals surface area contributed by atoms with E-state index in [-0.39, 0.29) is 5.01 Å². The number of carbonyl (C=O) groups is 1. The van der Waals surface area contributed by atoms with Crippen molar-refractivity contribution < 1.29 is 9.90 Å². The SMILES string of the molecule is Cc1ccc(Cl)cc1NCc1csc(C(=O)O)n1. The summed E-state index contributed by atoms with van der Waals surface area (Å²) in [4.78, 5) is 14.7. The molecule has 2 rings (SSSR count). The molecule has 1 aromatic carbocycles. The zero-order valence-corrected chi connectivity index (χ0v) is 11.2. The van der Waals surface area contributed by atoms with Crippen LogP contribution >= 0.6 is 22.9 Å². The Morgan fingerprint density at radius 2 is 2.33 bits per heavy atom. The summed E-state index contributed by atoms with van der Waals surface area (Å²) in [6.07, 6.45) is 0. The van der Waals surface area contributed by atoms with Crippen molar-refractivity contribution in [2.75, 3.05) is 5.32 Å². The Bertz CT molecular complexity index is 583. The fourth-order valence-electron chi connectivity index (χ4n) is 1.46. The van der Waals surface area contributed by atoms with E-state index in [9.17, 15) is 4.79 Å². The highest BCUT2D eigenvalue weighted by molar-refractivity contribution is 7.11. The molecule has 0 saturated carbocycles. The number of carboxylic acids is 1. The van der Waals surface area contributed by atoms with Crippen molar-refractivity contribution in [3.05, 3.63) is 44.9 Å². The summed E-state index contributed by atoms with van der Waals surface area (Å²) in [5.41, 5.74) is 2.71. The van der Waals surface area contributed by atoms with Gasteiger partial charge in [0.05, 0.1) is 12.2 Å². The van der Waals surface area contributed by atoms with Gasteiger partial charge in [0, 0.05) is 16.1 Å². The topological polar surface area (TPSA) is 62.2 Å². The van der Waals surface area contributed by atoms with E-state index in [1.165, 1.54) is 0 Å². The van der Waals surface area contributed by atoms with Gasteiger partial charge in [0.2, 0.25) is 5.01 Å². The minimum atomic E-state index is -0.995. The standard InChI is InChI=1S/C12H11ClN2O2S/c1-7-2-3-8(13)4-10(7)14-5-9-6-18-11(15-9)12(16)17/h2-4,6,14H,5H2,1H3,(H,16,17). The van der Waals surface area contributed by atoms with Crippen molar-refractivity contribution in [3.8, 4) is 0 Å². The van der Waals surface area contributed by atoms with Crippen LogP contribution in [-0.4, -0.2) is 16.1 Å². The quantitative estimate of drug-likeness (QED) is 0.902. The molecule has 0 aliphatic heterocycles. The Hall–Kier alpha value is -1.59. The maximum atomic E-state index is 10.7. The first-order valence-electron chi connectivity index (χ1n) is 5.24. The first-order chi connectivity index (χ1) is 8.56. The number of nitrogens with zero attached hydrogens (tertiary/aromatic N) is 1. The average molecular weight is 283 g/mol. The van der Waals surface area contributed by atoms with Gasteiger partial charge in [-0.05, 0) is 24.6 Å². The van der Waals surface area contributed by atoms with Crippen LogP contribution < -0.4 is 5.32 Å². The third kappa shape index (κ3) is 3.00. The number of carboxylic acid groups (broad SMARTS) is 1. The summed E-state index contributed by atoms with van der Waals surface area (Å²) in [7, 11) is 0. The third-order valence-electron chi connectivity index (χ3n) is 2.39. The van der Waals surface area contributed by atoms with E-state index in [0.717, 1.165) is 22.6 Å². The largest absolute Gasteiger partial charge is 0.476 e. The number of aryl methyl sites for hydroxylation is 1. The van der Waals surface area contributed by atoms with Crippen LogP contribution in [0, 0.1) is 6.92 Å². The Labute approximate surface area is 113 Å². The molecule has 0 aliphatic rings. The van der Waals surface area contributed by atoms with E-state index in [2.05, 4.69) is 10.3 Å². The fourth-order valence-corrected chi connectivity index (χ4v) is 2.28. The molecule has 18 heavy (non-hydrogen) atoms. The second kappa shape index (κ2) is 5.37. The molecular weight excluding hydrogens is 272 g/mol. The normalized spacial score (nSPS) is 10.3. The number of rotatable bonds is 4. The minimum Gasteiger partial charge on any atom is -0.476 e. The maximum absolute atomic E-state index is 10.7. The Kier molecular flexibility index (Phi) is 3.84. The van der Waals surface area contributed by atoms with Crippen LogP contribution in [0.5, 0.6) is 0 Å². The zero-order valence-electron chi connectivity index (χ0n) is 9.61. The Morgan fingerprint density at radius 1 is 1.56 bits per heavy atom. The van der Waals surface area contributed by atoms with Gasteiger partial charge in [-0.3, -0.25) is 0 Å². The summed E-state index contributed by atoms with van der Waals surface area (Å²) < 4.78 is 0. The van der Waals surface area contributed by atoms with E-state index in [1.807, 2.05) is 25.1 Å². The molecule has 0 radical (unpaired) electrons. The molecule has 0 saturated heterocycles. The monoisotopic (exact) mass is 282 g/mol. The molecule has 94 valence electrons.